The van der Waals surface area contributed by atoms with Gasteiger partial charge in [-0.1, -0.05) is 12.2 Å². The molecule has 0 atom stereocenters. The van der Waals surface area contributed by atoms with Gasteiger partial charge in [-0.15, -0.1) is 12.6 Å². The molecular weight excluding hydrogens is 269 g/mol. The van der Waals surface area contributed by atoms with Gasteiger partial charge in [-0.2, -0.15) is 30.7 Å². The second kappa shape index (κ2) is 3.09. The molecule has 1 aromatic rings. The highest BCUT2D eigenvalue weighted by molar-refractivity contribution is 7.81. The molecule has 0 spiro atoms. The standard InChI is InChI=1S/C6HF7S2/c7-4(8,1-2(14)3(1)15)5(9,10)6(11,12)13/h14H. The summed E-state index contributed by atoms with van der Waals surface area (Å²) in [6, 6.07) is 0. The first-order valence-corrected chi connectivity index (χ1v) is 4.11. The number of hydrogen-bond donors (Lipinski definition) is 1. The van der Waals surface area contributed by atoms with Gasteiger partial charge in [-0.3, -0.25) is 0 Å². The van der Waals surface area contributed by atoms with Crippen LogP contribution < -0.4 is 0 Å². The summed E-state index contributed by atoms with van der Waals surface area (Å²) in [5.41, 5.74) is -1.51. The minimum atomic E-state index is -6.34. The van der Waals surface area contributed by atoms with E-state index in [0.29, 0.717) is 0 Å². The summed E-state index contributed by atoms with van der Waals surface area (Å²) in [5.74, 6) is -11.5. The Morgan fingerprint density at radius 1 is 0.933 bits per heavy atom. The minimum Gasteiger partial charge on any atom is -0.194 e. The topological polar surface area (TPSA) is 0 Å². The van der Waals surface area contributed by atoms with Crippen molar-refractivity contribution in [3.8, 4) is 0 Å². The predicted octanol–water partition coefficient (Wildman–Crippen LogP) is 3.87. The van der Waals surface area contributed by atoms with Crippen LogP contribution in [-0.4, -0.2) is 12.1 Å². The van der Waals surface area contributed by atoms with Crippen LogP contribution in [0.3, 0.4) is 0 Å². The van der Waals surface area contributed by atoms with Gasteiger partial charge in [0, 0.05) is 4.90 Å². The molecule has 0 radical (unpaired) electrons. The average Bonchev–Trinajstić information content (AvgIpc) is 2.57. The van der Waals surface area contributed by atoms with Crippen molar-refractivity contribution in [3.63, 3.8) is 0 Å². The zero-order valence-electron chi connectivity index (χ0n) is 6.50. The van der Waals surface area contributed by atoms with Crippen molar-refractivity contribution in [1.29, 1.82) is 0 Å². The van der Waals surface area contributed by atoms with Crippen molar-refractivity contribution in [3.05, 3.63) is 10.1 Å². The Morgan fingerprint density at radius 2 is 1.27 bits per heavy atom. The minimum absolute atomic E-state index is 0.682. The molecule has 0 heterocycles. The molecule has 0 saturated carbocycles. The van der Waals surface area contributed by atoms with E-state index in [1.807, 2.05) is 0 Å². The number of rotatable bonds is 2. The van der Waals surface area contributed by atoms with E-state index in [-0.39, 0.29) is 0 Å². The SMILES string of the molecule is FC(F)(F)C(F)(F)C(F)(F)c1c(S)c1=S. The van der Waals surface area contributed by atoms with Crippen LogP contribution in [0.25, 0.3) is 0 Å². The number of halogens is 7. The van der Waals surface area contributed by atoms with Gasteiger partial charge in [-0.25, -0.2) is 0 Å². The Balaban J connectivity index is 3.18. The maximum atomic E-state index is 12.7. The molecule has 9 heteroatoms. The maximum Gasteiger partial charge on any atom is 0.460 e. The summed E-state index contributed by atoms with van der Waals surface area (Å²) in [6.07, 6.45) is -6.34. The molecule has 0 N–H and O–H groups in total. The summed E-state index contributed by atoms with van der Waals surface area (Å²) in [7, 11) is 0. The van der Waals surface area contributed by atoms with E-state index in [4.69, 9.17) is 0 Å². The van der Waals surface area contributed by atoms with Crippen LogP contribution in [0.15, 0.2) is 4.90 Å². The van der Waals surface area contributed by atoms with E-state index in [9.17, 15) is 30.7 Å². The molecule has 1 aromatic carbocycles. The van der Waals surface area contributed by atoms with Gasteiger partial charge >= 0.3 is 18.0 Å². The molecule has 86 valence electrons. The van der Waals surface area contributed by atoms with Gasteiger partial charge in [0.25, 0.3) is 0 Å². The Bertz CT molecular complexity index is 395. The van der Waals surface area contributed by atoms with Crippen LogP contribution in [-0.2, 0) is 5.92 Å². The molecule has 0 aliphatic rings. The van der Waals surface area contributed by atoms with Crippen LogP contribution in [0.2, 0.25) is 0 Å². The second-order valence-electron chi connectivity index (χ2n) is 2.70. The molecule has 0 aromatic heterocycles. The quantitative estimate of drug-likeness (QED) is 0.483. The van der Waals surface area contributed by atoms with E-state index >= 15 is 0 Å². The molecule has 0 aliphatic carbocycles. The van der Waals surface area contributed by atoms with E-state index in [1.54, 1.807) is 0 Å². The highest BCUT2D eigenvalue weighted by atomic mass is 32.1. The fourth-order valence-electron chi connectivity index (χ4n) is 0.787. The van der Waals surface area contributed by atoms with Gasteiger partial charge in [0.2, 0.25) is 0 Å². The summed E-state index contributed by atoms with van der Waals surface area (Å²) in [4.78, 5) is -0.682. The lowest BCUT2D eigenvalue weighted by Gasteiger charge is -2.26. The molecular formula is C6HF7S2. The Kier molecular flexibility index (Phi) is 2.63. The molecule has 15 heavy (non-hydrogen) atoms. The van der Waals surface area contributed by atoms with Gasteiger partial charge in [-0.05, 0) is 0 Å². The molecule has 0 nitrogen and oxygen atoms in total. The lowest BCUT2D eigenvalue weighted by Crippen LogP contribution is -2.49. The lowest BCUT2D eigenvalue weighted by atomic mass is 10.1. The highest BCUT2D eigenvalue weighted by Gasteiger charge is 2.75. The number of hydrogen-bond acceptors (Lipinski definition) is 2. The third-order valence-electron chi connectivity index (χ3n) is 1.68. The fraction of sp³-hybridized carbons (Fsp3) is 0.500. The zero-order chi connectivity index (χ0) is 12.2. The van der Waals surface area contributed by atoms with E-state index in [0.717, 1.165) is 0 Å². The average molecular weight is 270 g/mol. The third kappa shape index (κ3) is 1.65. The van der Waals surface area contributed by atoms with Crippen molar-refractivity contribution < 1.29 is 30.7 Å². The summed E-state index contributed by atoms with van der Waals surface area (Å²) >= 11 is 7.35. The zero-order valence-corrected chi connectivity index (χ0v) is 8.21. The van der Waals surface area contributed by atoms with E-state index in [1.165, 1.54) is 0 Å². The lowest BCUT2D eigenvalue weighted by molar-refractivity contribution is -0.359. The third-order valence-corrected chi connectivity index (χ3v) is 2.69. The van der Waals surface area contributed by atoms with Gasteiger partial charge < -0.3 is 0 Å². The normalized spacial score (nSPS) is 14.9. The number of alkyl halides is 7. The van der Waals surface area contributed by atoms with E-state index < -0.39 is 33.0 Å². The van der Waals surface area contributed by atoms with Gasteiger partial charge in [0.05, 0.1) is 10.1 Å². The van der Waals surface area contributed by atoms with Crippen molar-refractivity contribution in [2.75, 3.05) is 0 Å². The molecule has 0 bridgehead atoms. The Labute approximate surface area is 89.2 Å². The molecule has 0 amide bonds. The van der Waals surface area contributed by atoms with Crippen LogP contribution in [0.5, 0.6) is 0 Å². The Morgan fingerprint density at radius 3 is 1.47 bits per heavy atom. The molecule has 1 rings (SSSR count). The summed E-state index contributed by atoms with van der Waals surface area (Å²) in [5, 5.41) is 0. The van der Waals surface area contributed by atoms with Crippen LogP contribution in [0, 0.1) is 4.51 Å². The monoisotopic (exact) mass is 270 g/mol. The van der Waals surface area contributed by atoms with Crippen LogP contribution in [0.1, 0.15) is 5.56 Å². The molecule has 0 unspecified atom stereocenters. The summed E-state index contributed by atoms with van der Waals surface area (Å²) < 4.78 is 84.3. The smallest absolute Gasteiger partial charge is 0.194 e. The molecule has 0 fully saturated rings. The van der Waals surface area contributed by atoms with Gasteiger partial charge in [0.1, 0.15) is 0 Å². The fourth-order valence-corrected chi connectivity index (χ4v) is 1.45. The van der Waals surface area contributed by atoms with Crippen molar-refractivity contribution in [1.82, 2.24) is 0 Å². The van der Waals surface area contributed by atoms with Crippen LogP contribution in [0.4, 0.5) is 30.7 Å². The van der Waals surface area contributed by atoms with Gasteiger partial charge in [0.15, 0.2) is 0 Å². The van der Waals surface area contributed by atoms with E-state index in [2.05, 4.69) is 24.8 Å². The van der Waals surface area contributed by atoms with Crippen molar-refractivity contribution in [2.45, 2.75) is 22.9 Å². The Hall–Kier alpha value is -0.310. The van der Waals surface area contributed by atoms with Crippen LogP contribution >= 0.6 is 24.8 Å². The maximum absolute atomic E-state index is 12.7. The first kappa shape index (κ1) is 12.8. The number of thiol groups is 1. The first-order valence-electron chi connectivity index (χ1n) is 3.25. The summed E-state index contributed by atoms with van der Waals surface area (Å²) in [6.45, 7) is 0. The highest BCUT2D eigenvalue weighted by Crippen LogP contribution is 2.56. The molecule has 0 saturated heterocycles. The first-order chi connectivity index (χ1) is 6.44. The predicted molar refractivity (Wildman–Crippen MR) is 41.8 cm³/mol. The largest absolute Gasteiger partial charge is 0.460 e. The van der Waals surface area contributed by atoms with Crippen molar-refractivity contribution >= 4 is 24.8 Å². The molecule has 0 aliphatic heterocycles. The second-order valence-corrected chi connectivity index (χ2v) is 3.55. The van der Waals surface area contributed by atoms with Crippen molar-refractivity contribution in [2.24, 2.45) is 0 Å².